The molecule has 1 unspecified atom stereocenters. The van der Waals surface area contributed by atoms with E-state index >= 15 is 0 Å². The number of rotatable bonds is 2. The quantitative estimate of drug-likeness (QED) is 0.807. The Hall–Kier alpha value is -2.34. The maximum absolute atomic E-state index is 12.3. The van der Waals surface area contributed by atoms with Crippen molar-refractivity contribution in [3.63, 3.8) is 0 Å². The van der Waals surface area contributed by atoms with Crippen LogP contribution in [0.15, 0.2) is 42.5 Å². The van der Waals surface area contributed by atoms with Gasteiger partial charge in [0, 0.05) is 12.6 Å². The van der Waals surface area contributed by atoms with Gasteiger partial charge in [-0.15, -0.1) is 0 Å². The fourth-order valence-electron chi connectivity index (χ4n) is 1.86. The van der Waals surface area contributed by atoms with Crippen molar-refractivity contribution in [1.82, 2.24) is 4.90 Å². The predicted octanol–water partition coefficient (Wildman–Crippen LogP) is 2.82. The lowest BCUT2D eigenvalue weighted by molar-refractivity contribution is 0.0775. The molecule has 0 saturated carbocycles. The molecule has 1 atom stereocenters. The smallest absolute Gasteiger partial charge is 0.255 e. The van der Waals surface area contributed by atoms with E-state index in [4.69, 9.17) is 5.26 Å². The highest BCUT2D eigenvalue weighted by molar-refractivity contribution is 6.07. The van der Waals surface area contributed by atoms with Crippen LogP contribution in [-0.4, -0.2) is 23.9 Å². The average Bonchev–Trinajstić information content (AvgIpc) is 2.44. The topological polar surface area (TPSA) is 44.1 Å². The van der Waals surface area contributed by atoms with Gasteiger partial charge in [0.2, 0.25) is 0 Å². The summed E-state index contributed by atoms with van der Waals surface area (Å²) in [6.45, 7) is 1.71. The lowest BCUT2D eigenvalue weighted by Gasteiger charge is -2.20. The maximum atomic E-state index is 12.3. The number of fused-ring (bicyclic) bond motifs is 1. The van der Waals surface area contributed by atoms with E-state index < -0.39 is 6.04 Å². The summed E-state index contributed by atoms with van der Waals surface area (Å²) in [6, 6.07) is 15.0. The Bertz CT molecular complexity index is 622. The number of benzene rings is 2. The number of amides is 1. The molecule has 2 aromatic rings. The van der Waals surface area contributed by atoms with Crippen LogP contribution in [0.25, 0.3) is 10.8 Å². The molecule has 0 aliphatic heterocycles. The molecule has 90 valence electrons. The largest absolute Gasteiger partial charge is 0.326 e. The van der Waals surface area contributed by atoms with Crippen LogP contribution in [0.4, 0.5) is 0 Å². The van der Waals surface area contributed by atoms with E-state index in [1.165, 1.54) is 4.90 Å². The molecule has 0 spiro atoms. The normalized spacial score (nSPS) is 11.8. The van der Waals surface area contributed by atoms with Gasteiger partial charge in [-0.05, 0) is 23.8 Å². The summed E-state index contributed by atoms with van der Waals surface area (Å²) in [6.07, 6.45) is 0. The number of carbonyl (C=O) groups is 1. The second-order valence-electron chi connectivity index (χ2n) is 4.25. The SMILES string of the molecule is CC(C#N)N(C)C(=O)c1cccc2ccccc12. The first-order valence-electron chi connectivity index (χ1n) is 5.79. The molecule has 0 heterocycles. The first-order valence-corrected chi connectivity index (χ1v) is 5.79. The van der Waals surface area contributed by atoms with E-state index in [1.54, 1.807) is 20.0 Å². The minimum atomic E-state index is -0.434. The third-order valence-corrected chi connectivity index (χ3v) is 3.11. The molecule has 2 rings (SSSR count). The summed E-state index contributed by atoms with van der Waals surface area (Å²) >= 11 is 0. The molecule has 2 aromatic carbocycles. The molecule has 0 bridgehead atoms. The Kier molecular flexibility index (Phi) is 3.29. The summed E-state index contributed by atoms with van der Waals surface area (Å²) < 4.78 is 0. The van der Waals surface area contributed by atoms with Crippen molar-refractivity contribution in [2.75, 3.05) is 7.05 Å². The standard InChI is InChI=1S/C15H14N2O/c1-11(10-16)17(2)15(18)14-9-5-7-12-6-3-4-8-13(12)14/h3-9,11H,1-2H3. The van der Waals surface area contributed by atoms with Crippen molar-refractivity contribution in [2.24, 2.45) is 0 Å². The molecule has 0 saturated heterocycles. The van der Waals surface area contributed by atoms with Crippen molar-refractivity contribution in [2.45, 2.75) is 13.0 Å². The Morgan fingerprint density at radius 2 is 1.89 bits per heavy atom. The molecule has 1 amide bonds. The summed E-state index contributed by atoms with van der Waals surface area (Å²) in [5.41, 5.74) is 0.637. The van der Waals surface area contributed by atoms with Gasteiger partial charge < -0.3 is 4.90 Å². The van der Waals surface area contributed by atoms with Gasteiger partial charge in [-0.2, -0.15) is 5.26 Å². The number of carbonyl (C=O) groups excluding carboxylic acids is 1. The van der Waals surface area contributed by atoms with E-state index in [0.717, 1.165) is 10.8 Å². The molecule has 0 radical (unpaired) electrons. The predicted molar refractivity (Wildman–Crippen MR) is 71.1 cm³/mol. The first kappa shape index (κ1) is 12.1. The van der Waals surface area contributed by atoms with Crippen LogP contribution in [0.3, 0.4) is 0 Å². The summed E-state index contributed by atoms with van der Waals surface area (Å²) in [5.74, 6) is -0.124. The zero-order valence-electron chi connectivity index (χ0n) is 10.4. The van der Waals surface area contributed by atoms with Crippen LogP contribution in [0.5, 0.6) is 0 Å². The lowest BCUT2D eigenvalue weighted by atomic mass is 10.0. The zero-order chi connectivity index (χ0) is 13.1. The number of nitrogens with zero attached hydrogens (tertiary/aromatic N) is 2. The molecule has 3 heteroatoms. The monoisotopic (exact) mass is 238 g/mol. The minimum absolute atomic E-state index is 0.124. The lowest BCUT2D eigenvalue weighted by Crippen LogP contribution is -2.34. The molecule has 18 heavy (non-hydrogen) atoms. The molecule has 0 fully saturated rings. The average molecular weight is 238 g/mol. The van der Waals surface area contributed by atoms with Gasteiger partial charge in [0.25, 0.3) is 5.91 Å². The molecule has 0 aromatic heterocycles. The van der Waals surface area contributed by atoms with Crippen molar-refractivity contribution in [1.29, 1.82) is 5.26 Å². The number of nitriles is 1. The van der Waals surface area contributed by atoms with Gasteiger partial charge in [-0.1, -0.05) is 36.4 Å². The van der Waals surface area contributed by atoms with E-state index in [9.17, 15) is 4.79 Å². The first-order chi connectivity index (χ1) is 8.65. The van der Waals surface area contributed by atoms with Gasteiger partial charge in [0.05, 0.1) is 6.07 Å². The highest BCUT2D eigenvalue weighted by atomic mass is 16.2. The van der Waals surface area contributed by atoms with Gasteiger partial charge in [0.1, 0.15) is 6.04 Å². The second kappa shape index (κ2) is 4.89. The van der Waals surface area contributed by atoms with Crippen LogP contribution in [0.1, 0.15) is 17.3 Å². The van der Waals surface area contributed by atoms with Crippen molar-refractivity contribution in [3.8, 4) is 6.07 Å². The fraction of sp³-hybridized carbons (Fsp3) is 0.200. The third-order valence-electron chi connectivity index (χ3n) is 3.11. The highest BCUT2D eigenvalue weighted by Crippen LogP contribution is 2.20. The molecule has 0 aliphatic rings. The molecular formula is C15H14N2O. The minimum Gasteiger partial charge on any atom is -0.326 e. The zero-order valence-corrected chi connectivity index (χ0v) is 10.4. The summed E-state index contributed by atoms with van der Waals surface area (Å²) in [4.78, 5) is 13.8. The van der Waals surface area contributed by atoms with Gasteiger partial charge in [0.15, 0.2) is 0 Å². The number of hydrogen-bond donors (Lipinski definition) is 0. The molecule has 0 N–H and O–H groups in total. The Labute approximate surface area is 106 Å². The van der Waals surface area contributed by atoms with Crippen LogP contribution in [-0.2, 0) is 0 Å². The Morgan fingerprint density at radius 3 is 2.61 bits per heavy atom. The maximum Gasteiger partial charge on any atom is 0.255 e. The highest BCUT2D eigenvalue weighted by Gasteiger charge is 2.18. The van der Waals surface area contributed by atoms with Gasteiger partial charge in [-0.3, -0.25) is 4.79 Å². The van der Waals surface area contributed by atoms with Crippen LogP contribution >= 0.6 is 0 Å². The second-order valence-corrected chi connectivity index (χ2v) is 4.25. The van der Waals surface area contributed by atoms with E-state index in [-0.39, 0.29) is 5.91 Å². The van der Waals surface area contributed by atoms with Crippen molar-refractivity contribution < 1.29 is 4.79 Å². The fourth-order valence-corrected chi connectivity index (χ4v) is 1.86. The Balaban J connectivity index is 2.49. The van der Waals surface area contributed by atoms with Crippen molar-refractivity contribution in [3.05, 3.63) is 48.0 Å². The van der Waals surface area contributed by atoms with Crippen LogP contribution in [0, 0.1) is 11.3 Å². The summed E-state index contributed by atoms with van der Waals surface area (Å²) in [7, 11) is 1.65. The summed E-state index contributed by atoms with van der Waals surface area (Å²) in [5, 5.41) is 10.8. The number of hydrogen-bond acceptors (Lipinski definition) is 2. The molecular weight excluding hydrogens is 224 g/mol. The molecule has 0 aliphatic carbocycles. The van der Waals surface area contributed by atoms with Crippen molar-refractivity contribution >= 4 is 16.7 Å². The van der Waals surface area contributed by atoms with Crippen LogP contribution in [0.2, 0.25) is 0 Å². The van der Waals surface area contributed by atoms with E-state index in [0.29, 0.717) is 5.56 Å². The molecule has 3 nitrogen and oxygen atoms in total. The third kappa shape index (κ3) is 2.05. The van der Waals surface area contributed by atoms with E-state index in [2.05, 4.69) is 6.07 Å². The van der Waals surface area contributed by atoms with Crippen LogP contribution < -0.4 is 0 Å². The van der Waals surface area contributed by atoms with E-state index in [1.807, 2.05) is 36.4 Å². The van der Waals surface area contributed by atoms with Gasteiger partial charge in [-0.25, -0.2) is 0 Å². The van der Waals surface area contributed by atoms with Gasteiger partial charge >= 0.3 is 0 Å². The Morgan fingerprint density at radius 1 is 1.22 bits per heavy atom.